The van der Waals surface area contributed by atoms with E-state index in [0.717, 1.165) is 12.0 Å². The molecule has 0 radical (unpaired) electrons. The van der Waals surface area contributed by atoms with E-state index in [1.165, 1.54) is 6.08 Å². The average molecular weight is 269 g/mol. The number of nitrogens with zero attached hydrogens (tertiary/aromatic N) is 1. The van der Waals surface area contributed by atoms with Gasteiger partial charge in [0, 0.05) is 6.92 Å². The lowest BCUT2D eigenvalue weighted by Gasteiger charge is -2.02. The molecule has 0 saturated carbocycles. The van der Waals surface area contributed by atoms with Crippen LogP contribution < -0.4 is 4.74 Å². The zero-order chi connectivity index (χ0) is 14.8. The lowest BCUT2D eigenvalue weighted by Crippen LogP contribution is -2.06. The minimum atomic E-state index is -0.598. The van der Waals surface area contributed by atoms with E-state index < -0.39 is 5.97 Å². The van der Waals surface area contributed by atoms with Gasteiger partial charge < -0.3 is 9.47 Å². The minimum absolute atomic E-state index is 0.0412. The molecule has 102 valence electrons. The van der Waals surface area contributed by atoms with Gasteiger partial charge in [0.1, 0.15) is 11.9 Å². The van der Waals surface area contributed by atoms with Crippen molar-refractivity contribution < 1.29 is 14.3 Å². The van der Waals surface area contributed by atoms with Crippen LogP contribution in [0.3, 0.4) is 0 Å². The molecule has 0 N–H and O–H groups in total. The van der Waals surface area contributed by atoms with Crippen molar-refractivity contribution in [2.24, 2.45) is 0 Å². The van der Waals surface area contributed by atoms with Gasteiger partial charge in [0.05, 0.1) is 13.2 Å². The molecule has 0 aliphatic rings. The fourth-order valence-corrected chi connectivity index (χ4v) is 1.31. The number of benzene rings is 1. The summed E-state index contributed by atoms with van der Waals surface area (Å²) in [5.74, 6) is 2.63. The third-order valence-electron chi connectivity index (χ3n) is 2.22. The van der Waals surface area contributed by atoms with Crippen LogP contribution in [0.1, 0.15) is 25.8 Å². The maximum Gasteiger partial charge on any atom is 0.336 e. The molecule has 0 aliphatic carbocycles. The second-order valence-electron chi connectivity index (χ2n) is 3.80. The maximum atomic E-state index is 11.6. The van der Waals surface area contributed by atoms with E-state index in [2.05, 4.69) is 16.9 Å². The second kappa shape index (κ2) is 8.39. The zero-order valence-corrected chi connectivity index (χ0v) is 11.5. The predicted octanol–water partition coefficient (Wildman–Crippen LogP) is 3.26. The molecule has 0 aromatic heterocycles. The Bertz CT molecular complexity index is 583. The van der Waals surface area contributed by atoms with Gasteiger partial charge in [-0.15, -0.1) is 0 Å². The first-order valence-corrected chi connectivity index (χ1v) is 6.16. The van der Waals surface area contributed by atoms with Crippen molar-refractivity contribution in [3.05, 3.63) is 46.9 Å². The van der Waals surface area contributed by atoms with Crippen molar-refractivity contribution >= 4 is 12.0 Å². The molecule has 1 aromatic carbocycles. The molecule has 0 amide bonds. The lowest BCUT2D eigenvalue weighted by atomic mass is 10.2. The van der Waals surface area contributed by atoms with Crippen molar-refractivity contribution in [3.8, 4) is 17.8 Å². The Morgan fingerprint density at radius 2 is 2.10 bits per heavy atom. The highest BCUT2D eigenvalue weighted by atomic mass is 16.5. The van der Waals surface area contributed by atoms with Crippen LogP contribution in [0.25, 0.3) is 10.9 Å². The second-order valence-corrected chi connectivity index (χ2v) is 3.80. The van der Waals surface area contributed by atoms with Crippen LogP contribution in [-0.2, 0) is 9.53 Å². The molecular weight excluding hydrogens is 254 g/mol. The zero-order valence-electron chi connectivity index (χ0n) is 11.5. The van der Waals surface area contributed by atoms with E-state index in [-0.39, 0.29) is 5.70 Å². The van der Waals surface area contributed by atoms with E-state index in [0.29, 0.717) is 12.4 Å². The molecule has 0 saturated heterocycles. The molecule has 0 unspecified atom stereocenters. The molecule has 0 spiro atoms. The summed E-state index contributed by atoms with van der Waals surface area (Å²) in [4.78, 5) is 14.8. The SMILES string of the molecule is [C-]#[N+]/C(=C\c1ccc(OC#CC)cc1)C(=O)OCCC. The Hall–Kier alpha value is -2.72. The van der Waals surface area contributed by atoms with E-state index in [9.17, 15) is 4.79 Å². The molecule has 0 atom stereocenters. The summed E-state index contributed by atoms with van der Waals surface area (Å²) in [5, 5.41) is 0. The van der Waals surface area contributed by atoms with Crippen molar-refractivity contribution in [1.82, 2.24) is 0 Å². The summed E-state index contributed by atoms with van der Waals surface area (Å²) in [6.07, 6.45) is 4.70. The summed E-state index contributed by atoms with van der Waals surface area (Å²) in [5.41, 5.74) is 0.682. The number of hydrogen-bond donors (Lipinski definition) is 0. The number of esters is 1. The van der Waals surface area contributed by atoms with Gasteiger partial charge in [-0.25, -0.2) is 4.85 Å². The van der Waals surface area contributed by atoms with Crippen molar-refractivity contribution in [3.63, 3.8) is 0 Å². The quantitative estimate of drug-likeness (QED) is 0.356. The highest BCUT2D eigenvalue weighted by molar-refractivity contribution is 5.95. The van der Waals surface area contributed by atoms with Gasteiger partial charge in [-0.2, -0.15) is 0 Å². The number of ether oxygens (including phenoxy) is 2. The molecule has 0 fully saturated rings. The molecule has 1 rings (SSSR count). The molecule has 4 nitrogen and oxygen atoms in total. The summed E-state index contributed by atoms with van der Waals surface area (Å²) in [7, 11) is 0. The average Bonchev–Trinajstić information content (AvgIpc) is 2.49. The first-order chi connectivity index (χ1) is 9.71. The Labute approximate surface area is 118 Å². The van der Waals surface area contributed by atoms with Crippen LogP contribution in [0.5, 0.6) is 5.75 Å². The fourth-order valence-electron chi connectivity index (χ4n) is 1.31. The smallest absolute Gasteiger partial charge is 0.336 e. The van der Waals surface area contributed by atoms with E-state index in [4.69, 9.17) is 16.0 Å². The Balaban J connectivity index is 2.82. The Morgan fingerprint density at radius 1 is 1.40 bits per heavy atom. The first-order valence-electron chi connectivity index (χ1n) is 6.16. The number of carbonyl (C=O) groups excluding carboxylic acids is 1. The number of hydrogen-bond acceptors (Lipinski definition) is 3. The van der Waals surface area contributed by atoms with Crippen molar-refractivity contribution in [2.45, 2.75) is 20.3 Å². The topological polar surface area (TPSA) is 39.9 Å². The van der Waals surface area contributed by atoms with Gasteiger partial charge in [0.25, 0.3) is 5.70 Å². The molecule has 0 heterocycles. The van der Waals surface area contributed by atoms with Gasteiger partial charge in [0.2, 0.25) is 0 Å². The molecule has 0 aliphatic heterocycles. The summed E-state index contributed by atoms with van der Waals surface area (Å²) in [6, 6.07) is 6.92. The molecule has 1 aromatic rings. The van der Waals surface area contributed by atoms with Gasteiger partial charge in [-0.1, -0.05) is 25.0 Å². The Morgan fingerprint density at radius 3 is 2.65 bits per heavy atom. The van der Waals surface area contributed by atoms with E-state index in [1.54, 1.807) is 31.2 Å². The standard InChI is InChI=1S/C16H15NO3/c1-4-10-19-14-8-6-13(7-9-14)12-15(17-3)16(18)20-11-5-2/h6-9,12H,5,11H2,1-2H3/b15-12-. The van der Waals surface area contributed by atoms with Crippen LogP contribution in [-0.4, -0.2) is 12.6 Å². The maximum absolute atomic E-state index is 11.6. The van der Waals surface area contributed by atoms with Crippen LogP contribution in [0.4, 0.5) is 0 Å². The highest BCUT2D eigenvalue weighted by Gasteiger charge is 2.10. The number of rotatable bonds is 5. The first kappa shape index (κ1) is 15.3. The highest BCUT2D eigenvalue weighted by Crippen LogP contribution is 2.15. The summed E-state index contributed by atoms with van der Waals surface area (Å²) >= 11 is 0. The van der Waals surface area contributed by atoms with Crippen LogP contribution in [0, 0.1) is 18.6 Å². The van der Waals surface area contributed by atoms with Gasteiger partial charge in [-0.3, -0.25) is 4.79 Å². The molecule has 4 heteroatoms. The fraction of sp³-hybridized carbons (Fsp3) is 0.250. The van der Waals surface area contributed by atoms with E-state index in [1.807, 2.05) is 6.92 Å². The summed E-state index contributed by atoms with van der Waals surface area (Å²) in [6.45, 7) is 10.9. The van der Waals surface area contributed by atoms with E-state index >= 15 is 0 Å². The molecule has 0 bridgehead atoms. The molecular formula is C16H15NO3. The third-order valence-corrected chi connectivity index (χ3v) is 2.22. The van der Waals surface area contributed by atoms with Gasteiger partial charge >= 0.3 is 5.97 Å². The largest absolute Gasteiger partial charge is 0.471 e. The van der Waals surface area contributed by atoms with Crippen molar-refractivity contribution in [2.75, 3.05) is 6.61 Å². The Kier molecular flexibility index (Phi) is 6.44. The predicted molar refractivity (Wildman–Crippen MR) is 76.3 cm³/mol. The van der Waals surface area contributed by atoms with Crippen LogP contribution >= 0.6 is 0 Å². The van der Waals surface area contributed by atoms with Gasteiger partial charge in [0.15, 0.2) is 0 Å². The minimum Gasteiger partial charge on any atom is -0.471 e. The lowest BCUT2D eigenvalue weighted by molar-refractivity contribution is -0.138. The third kappa shape index (κ3) is 4.88. The van der Waals surface area contributed by atoms with Crippen molar-refractivity contribution in [1.29, 1.82) is 0 Å². The van der Waals surface area contributed by atoms with Gasteiger partial charge in [-0.05, 0) is 30.2 Å². The summed E-state index contributed by atoms with van der Waals surface area (Å²) < 4.78 is 10.0. The van der Waals surface area contributed by atoms with Crippen LogP contribution in [0.15, 0.2) is 30.0 Å². The monoisotopic (exact) mass is 269 g/mol. The molecule has 20 heavy (non-hydrogen) atoms. The number of carbonyl (C=O) groups is 1. The van der Waals surface area contributed by atoms with Crippen LogP contribution in [0.2, 0.25) is 0 Å². The normalized spacial score (nSPS) is 9.95.